The highest BCUT2D eigenvalue weighted by molar-refractivity contribution is 6.08. The standard InChI is InChI=1S/C16H18FN3O/c1-10(2)11-6-8-12(9-7-11)19-16(21)13-4-3-5-14(17)15(13)20-18/h3-10,20H,18H2,1-2H3,(H,19,21). The zero-order valence-corrected chi connectivity index (χ0v) is 12.0. The fourth-order valence-electron chi connectivity index (χ4n) is 2.01. The lowest BCUT2D eigenvalue weighted by Gasteiger charge is -2.11. The summed E-state index contributed by atoms with van der Waals surface area (Å²) in [5.74, 6) is 4.70. The van der Waals surface area contributed by atoms with Crippen LogP contribution in [0.3, 0.4) is 0 Å². The number of carbonyl (C=O) groups excluding carboxylic acids is 1. The molecule has 4 nitrogen and oxygen atoms in total. The normalized spacial score (nSPS) is 10.5. The highest BCUT2D eigenvalue weighted by atomic mass is 19.1. The molecule has 110 valence electrons. The number of hydrazine groups is 1. The first kappa shape index (κ1) is 15.0. The lowest BCUT2D eigenvalue weighted by atomic mass is 10.0. The van der Waals surface area contributed by atoms with Gasteiger partial charge in [-0.2, -0.15) is 0 Å². The largest absolute Gasteiger partial charge is 0.322 e. The molecule has 0 aliphatic rings. The molecule has 2 rings (SSSR count). The van der Waals surface area contributed by atoms with Gasteiger partial charge in [0.1, 0.15) is 5.82 Å². The third-order valence-corrected chi connectivity index (χ3v) is 3.24. The summed E-state index contributed by atoms with van der Waals surface area (Å²) in [7, 11) is 0. The fourth-order valence-corrected chi connectivity index (χ4v) is 2.01. The quantitative estimate of drug-likeness (QED) is 0.595. The molecular formula is C16H18FN3O. The minimum Gasteiger partial charge on any atom is -0.322 e. The van der Waals surface area contributed by atoms with Gasteiger partial charge >= 0.3 is 0 Å². The van der Waals surface area contributed by atoms with Gasteiger partial charge in [-0.25, -0.2) is 4.39 Å². The van der Waals surface area contributed by atoms with Crippen LogP contribution >= 0.6 is 0 Å². The van der Waals surface area contributed by atoms with E-state index in [0.29, 0.717) is 11.6 Å². The Morgan fingerprint density at radius 3 is 2.38 bits per heavy atom. The summed E-state index contributed by atoms with van der Waals surface area (Å²) in [4.78, 5) is 12.2. The molecule has 0 heterocycles. The molecule has 2 aromatic carbocycles. The van der Waals surface area contributed by atoms with Gasteiger partial charge in [-0.3, -0.25) is 10.6 Å². The minimum absolute atomic E-state index is 0.0196. The molecule has 4 N–H and O–H groups in total. The van der Waals surface area contributed by atoms with Gasteiger partial charge < -0.3 is 10.7 Å². The number of para-hydroxylation sites is 1. The number of amides is 1. The second kappa shape index (κ2) is 6.37. The van der Waals surface area contributed by atoms with E-state index in [1.807, 2.05) is 24.3 Å². The van der Waals surface area contributed by atoms with Crippen molar-refractivity contribution < 1.29 is 9.18 Å². The van der Waals surface area contributed by atoms with Crippen molar-refractivity contribution in [2.75, 3.05) is 10.7 Å². The number of nitrogens with two attached hydrogens (primary N) is 1. The molecule has 0 atom stereocenters. The number of hydrogen-bond acceptors (Lipinski definition) is 3. The van der Waals surface area contributed by atoms with Gasteiger partial charge in [0, 0.05) is 5.69 Å². The number of anilines is 2. The van der Waals surface area contributed by atoms with Crippen LogP contribution in [0.2, 0.25) is 0 Å². The van der Waals surface area contributed by atoms with Crippen LogP contribution in [0, 0.1) is 5.82 Å². The Morgan fingerprint density at radius 2 is 1.81 bits per heavy atom. The Morgan fingerprint density at radius 1 is 1.14 bits per heavy atom. The van der Waals surface area contributed by atoms with Gasteiger partial charge in [0.25, 0.3) is 5.91 Å². The summed E-state index contributed by atoms with van der Waals surface area (Å²) >= 11 is 0. The zero-order valence-electron chi connectivity index (χ0n) is 12.0. The van der Waals surface area contributed by atoms with Gasteiger partial charge in [-0.05, 0) is 35.7 Å². The van der Waals surface area contributed by atoms with Crippen LogP contribution in [0.4, 0.5) is 15.8 Å². The van der Waals surface area contributed by atoms with Crippen molar-refractivity contribution in [2.24, 2.45) is 5.84 Å². The summed E-state index contributed by atoms with van der Waals surface area (Å²) < 4.78 is 13.6. The molecule has 5 heteroatoms. The SMILES string of the molecule is CC(C)c1ccc(NC(=O)c2cccc(F)c2NN)cc1. The van der Waals surface area contributed by atoms with Crippen LogP contribution in [0.1, 0.15) is 35.7 Å². The third kappa shape index (κ3) is 3.38. The Kier molecular flexibility index (Phi) is 4.55. The monoisotopic (exact) mass is 287 g/mol. The van der Waals surface area contributed by atoms with E-state index in [-0.39, 0.29) is 11.3 Å². The van der Waals surface area contributed by atoms with Crippen LogP contribution in [0.5, 0.6) is 0 Å². The predicted octanol–water partition coefficient (Wildman–Crippen LogP) is 3.49. The van der Waals surface area contributed by atoms with Crippen LogP contribution < -0.4 is 16.6 Å². The third-order valence-electron chi connectivity index (χ3n) is 3.24. The van der Waals surface area contributed by atoms with Crippen molar-refractivity contribution in [1.29, 1.82) is 0 Å². The first-order valence-electron chi connectivity index (χ1n) is 6.69. The average molecular weight is 287 g/mol. The molecule has 0 aliphatic heterocycles. The molecule has 0 radical (unpaired) electrons. The highest BCUT2D eigenvalue weighted by Gasteiger charge is 2.14. The highest BCUT2D eigenvalue weighted by Crippen LogP contribution is 2.21. The van der Waals surface area contributed by atoms with Gasteiger partial charge in [0.15, 0.2) is 0 Å². The molecule has 21 heavy (non-hydrogen) atoms. The van der Waals surface area contributed by atoms with Crippen LogP contribution in [0.15, 0.2) is 42.5 Å². The molecule has 0 unspecified atom stereocenters. The Labute approximate surface area is 123 Å². The van der Waals surface area contributed by atoms with E-state index in [2.05, 4.69) is 24.6 Å². The summed E-state index contributed by atoms with van der Waals surface area (Å²) in [5.41, 5.74) is 4.19. The summed E-state index contributed by atoms with van der Waals surface area (Å²) in [6.45, 7) is 4.19. The molecule has 0 saturated heterocycles. The zero-order chi connectivity index (χ0) is 15.4. The summed E-state index contributed by atoms with van der Waals surface area (Å²) in [6, 6.07) is 11.8. The summed E-state index contributed by atoms with van der Waals surface area (Å²) in [5, 5.41) is 2.73. The molecule has 0 fully saturated rings. The predicted molar refractivity (Wildman–Crippen MR) is 82.7 cm³/mol. The molecule has 0 spiro atoms. The van der Waals surface area contributed by atoms with Crippen LogP contribution in [-0.2, 0) is 0 Å². The van der Waals surface area contributed by atoms with E-state index >= 15 is 0 Å². The van der Waals surface area contributed by atoms with Crippen molar-refractivity contribution >= 4 is 17.3 Å². The number of halogens is 1. The van der Waals surface area contributed by atoms with E-state index in [4.69, 9.17) is 5.84 Å². The molecule has 0 bridgehead atoms. The number of carbonyl (C=O) groups is 1. The molecular weight excluding hydrogens is 269 g/mol. The first-order valence-corrected chi connectivity index (χ1v) is 6.69. The lowest BCUT2D eigenvalue weighted by Crippen LogP contribution is -2.18. The van der Waals surface area contributed by atoms with Crippen molar-refractivity contribution in [1.82, 2.24) is 0 Å². The van der Waals surface area contributed by atoms with E-state index < -0.39 is 11.7 Å². The maximum absolute atomic E-state index is 13.6. The maximum Gasteiger partial charge on any atom is 0.257 e. The summed E-state index contributed by atoms with van der Waals surface area (Å²) in [6.07, 6.45) is 0. The number of nitrogens with one attached hydrogen (secondary N) is 2. The van der Waals surface area contributed by atoms with Gasteiger partial charge in [0.05, 0.1) is 11.3 Å². The van der Waals surface area contributed by atoms with Crippen molar-refractivity contribution in [3.63, 3.8) is 0 Å². The minimum atomic E-state index is -0.569. The fraction of sp³-hybridized carbons (Fsp3) is 0.188. The average Bonchev–Trinajstić information content (AvgIpc) is 2.47. The first-order chi connectivity index (χ1) is 10.0. The van der Waals surface area contributed by atoms with E-state index in [0.717, 1.165) is 0 Å². The molecule has 0 aromatic heterocycles. The van der Waals surface area contributed by atoms with E-state index in [9.17, 15) is 9.18 Å². The van der Waals surface area contributed by atoms with Gasteiger partial charge in [0.2, 0.25) is 0 Å². The Bertz CT molecular complexity index is 638. The molecule has 0 aliphatic carbocycles. The number of benzene rings is 2. The van der Waals surface area contributed by atoms with Gasteiger partial charge in [-0.15, -0.1) is 0 Å². The van der Waals surface area contributed by atoms with E-state index in [1.165, 1.54) is 23.8 Å². The Balaban J connectivity index is 2.20. The molecule has 0 saturated carbocycles. The van der Waals surface area contributed by atoms with Crippen molar-refractivity contribution in [2.45, 2.75) is 19.8 Å². The van der Waals surface area contributed by atoms with Crippen molar-refractivity contribution in [3.8, 4) is 0 Å². The molecule has 2 aromatic rings. The van der Waals surface area contributed by atoms with Crippen LogP contribution in [0.25, 0.3) is 0 Å². The number of nitrogen functional groups attached to an aromatic ring is 1. The van der Waals surface area contributed by atoms with Crippen LogP contribution in [-0.4, -0.2) is 5.91 Å². The second-order valence-electron chi connectivity index (χ2n) is 5.04. The van der Waals surface area contributed by atoms with E-state index in [1.54, 1.807) is 0 Å². The second-order valence-corrected chi connectivity index (χ2v) is 5.04. The number of hydrogen-bond donors (Lipinski definition) is 3. The maximum atomic E-state index is 13.6. The topological polar surface area (TPSA) is 67.2 Å². The lowest BCUT2D eigenvalue weighted by molar-refractivity contribution is 0.102. The van der Waals surface area contributed by atoms with Gasteiger partial charge in [-0.1, -0.05) is 32.0 Å². The molecule has 1 amide bonds. The Hall–Kier alpha value is -2.40. The smallest absolute Gasteiger partial charge is 0.257 e. The van der Waals surface area contributed by atoms with Crippen molar-refractivity contribution in [3.05, 3.63) is 59.4 Å². The number of rotatable bonds is 4.